The number of aryl methyl sites for hydroxylation is 1. The number of methoxy groups -OCH3 is 1. The van der Waals surface area contributed by atoms with Gasteiger partial charge in [-0.25, -0.2) is 12.7 Å². The van der Waals surface area contributed by atoms with Crippen molar-refractivity contribution in [2.24, 2.45) is 4.99 Å². The van der Waals surface area contributed by atoms with E-state index in [1.165, 1.54) is 18.4 Å². The Morgan fingerprint density at radius 3 is 2.31 bits per heavy atom. The van der Waals surface area contributed by atoms with Crippen LogP contribution in [0.15, 0.2) is 52.4 Å². The third-order valence-corrected chi connectivity index (χ3v) is 6.53. The summed E-state index contributed by atoms with van der Waals surface area (Å²) >= 11 is 0. The number of hydrogen-bond donors (Lipinski definition) is 2. The van der Waals surface area contributed by atoms with Crippen LogP contribution in [0, 0.1) is 6.92 Å². The Morgan fingerprint density at radius 2 is 1.69 bits per heavy atom. The molecule has 0 aliphatic rings. The molecule has 2 aromatic carbocycles. The lowest BCUT2D eigenvalue weighted by atomic mass is 10.1. The van der Waals surface area contributed by atoms with E-state index in [9.17, 15) is 8.42 Å². The normalized spacial score (nSPS) is 11.8. The maximum Gasteiger partial charge on any atom is 0.242 e. The molecule has 0 amide bonds. The van der Waals surface area contributed by atoms with Crippen LogP contribution in [0.25, 0.3) is 0 Å². The molecule has 2 N–H and O–H groups in total. The fraction of sp³-hybridized carbons (Fsp3) is 0.409. The summed E-state index contributed by atoms with van der Waals surface area (Å²) in [6.07, 6.45) is 0. The number of nitrogens with one attached hydrogen (secondary N) is 2. The Balaban J connectivity index is 0.00000512. The highest BCUT2D eigenvalue weighted by Crippen LogP contribution is 2.21. The van der Waals surface area contributed by atoms with E-state index >= 15 is 0 Å². The van der Waals surface area contributed by atoms with Gasteiger partial charge in [-0.2, -0.15) is 0 Å². The Labute approximate surface area is 208 Å². The van der Waals surface area contributed by atoms with Crippen LogP contribution in [0.2, 0.25) is 0 Å². The molecule has 0 spiro atoms. The lowest BCUT2D eigenvalue weighted by Crippen LogP contribution is -2.37. The van der Waals surface area contributed by atoms with Crippen LogP contribution in [0.3, 0.4) is 0 Å². The Morgan fingerprint density at radius 1 is 1.03 bits per heavy atom. The van der Waals surface area contributed by atoms with E-state index in [0.717, 1.165) is 16.9 Å². The molecule has 0 atom stereocenters. The highest BCUT2D eigenvalue weighted by Gasteiger charge is 2.20. The minimum atomic E-state index is -3.53. The van der Waals surface area contributed by atoms with E-state index in [1.54, 1.807) is 32.4 Å². The van der Waals surface area contributed by atoms with E-state index in [0.29, 0.717) is 37.8 Å². The first-order valence-electron chi connectivity index (χ1n) is 9.95. The highest BCUT2D eigenvalue weighted by molar-refractivity contribution is 14.0. The summed E-state index contributed by atoms with van der Waals surface area (Å²) < 4.78 is 37.3. The molecule has 0 saturated heterocycles. The van der Waals surface area contributed by atoms with Gasteiger partial charge in [-0.05, 0) is 30.2 Å². The predicted octanol–water partition coefficient (Wildman–Crippen LogP) is 2.75. The minimum Gasteiger partial charge on any atom is -0.491 e. The molecule has 0 saturated carbocycles. The number of nitrogens with zero attached hydrogens (tertiary/aromatic N) is 2. The molecular weight excluding hydrogens is 543 g/mol. The zero-order chi connectivity index (χ0) is 22.9. The van der Waals surface area contributed by atoms with Crippen LogP contribution >= 0.6 is 24.0 Å². The molecular formula is C22H33IN4O4S. The fourth-order valence-corrected chi connectivity index (χ4v) is 3.97. The minimum absolute atomic E-state index is 0. The van der Waals surface area contributed by atoms with Gasteiger partial charge in [0.15, 0.2) is 5.96 Å². The van der Waals surface area contributed by atoms with Gasteiger partial charge in [0.2, 0.25) is 10.0 Å². The van der Waals surface area contributed by atoms with Crippen LogP contribution in [0.5, 0.6) is 5.75 Å². The molecule has 0 aliphatic carbocycles. The first-order valence-corrected chi connectivity index (χ1v) is 11.4. The zero-order valence-corrected chi connectivity index (χ0v) is 22.4. The van der Waals surface area contributed by atoms with Gasteiger partial charge in [-0.1, -0.05) is 30.3 Å². The second-order valence-electron chi connectivity index (χ2n) is 7.13. The zero-order valence-electron chi connectivity index (χ0n) is 19.2. The summed E-state index contributed by atoms with van der Waals surface area (Å²) in [4.78, 5) is 4.51. The van der Waals surface area contributed by atoms with E-state index in [-0.39, 0.29) is 28.9 Å². The topological polar surface area (TPSA) is 92.3 Å². The van der Waals surface area contributed by atoms with Gasteiger partial charge < -0.3 is 20.1 Å². The van der Waals surface area contributed by atoms with Gasteiger partial charge in [0, 0.05) is 46.9 Å². The highest BCUT2D eigenvalue weighted by atomic mass is 127. The van der Waals surface area contributed by atoms with Crippen molar-refractivity contribution < 1.29 is 17.9 Å². The molecule has 2 rings (SSSR count). The largest absolute Gasteiger partial charge is 0.491 e. The summed E-state index contributed by atoms with van der Waals surface area (Å²) in [5.41, 5.74) is 2.76. The number of sulfonamides is 1. The van der Waals surface area contributed by atoms with E-state index in [4.69, 9.17) is 9.47 Å². The molecule has 2 aromatic rings. The maximum absolute atomic E-state index is 12.6. The van der Waals surface area contributed by atoms with Gasteiger partial charge in [-0.3, -0.25) is 4.99 Å². The Kier molecular flexibility index (Phi) is 12.0. The van der Waals surface area contributed by atoms with Crippen molar-refractivity contribution in [3.63, 3.8) is 0 Å². The van der Waals surface area contributed by atoms with E-state index in [1.807, 2.05) is 31.2 Å². The molecule has 32 heavy (non-hydrogen) atoms. The number of benzene rings is 2. The first-order chi connectivity index (χ1) is 14.8. The van der Waals surface area contributed by atoms with Crippen LogP contribution in [-0.2, 0) is 27.8 Å². The summed E-state index contributed by atoms with van der Waals surface area (Å²) in [7, 11) is 2.82. The van der Waals surface area contributed by atoms with Crippen molar-refractivity contribution in [1.29, 1.82) is 0 Å². The quantitative estimate of drug-likeness (QED) is 0.196. The number of halogens is 1. The Hall–Kier alpha value is -1.89. The number of guanidine groups is 1. The summed E-state index contributed by atoms with van der Waals surface area (Å²) in [5.74, 6) is 1.35. The van der Waals surface area contributed by atoms with Crippen molar-refractivity contribution in [3.05, 3.63) is 59.2 Å². The third-order valence-electron chi connectivity index (χ3n) is 4.62. The lowest BCUT2D eigenvalue weighted by Gasteiger charge is -2.17. The molecule has 0 unspecified atom stereocenters. The van der Waals surface area contributed by atoms with Gasteiger partial charge in [0.1, 0.15) is 12.4 Å². The number of hydrogen-bond acceptors (Lipinski definition) is 5. The van der Waals surface area contributed by atoms with E-state index in [2.05, 4.69) is 15.6 Å². The summed E-state index contributed by atoms with van der Waals surface area (Å²) in [6, 6.07) is 13.0. The second kappa shape index (κ2) is 13.6. The van der Waals surface area contributed by atoms with Crippen molar-refractivity contribution in [1.82, 2.24) is 14.9 Å². The van der Waals surface area contributed by atoms with Crippen molar-refractivity contribution in [3.8, 4) is 5.75 Å². The average Bonchev–Trinajstić information content (AvgIpc) is 2.75. The summed E-state index contributed by atoms with van der Waals surface area (Å²) in [5, 5.41) is 6.44. The van der Waals surface area contributed by atoms with Gasteiger partial charge in [0.25, 0.3) is 0 Å². The fourth-order valence-electron chi connectivity index (χ4n) is 2.85. The van der Waals surface area contributed by atoms with Crippen molar-refractivity contribution >= 4 is 40.0 Å². The molecule has 0 aromatic heterocycles. The SMILES string of the molecule is CN=C(NCc1ccc(C)cc1OCCOC)NCc1ccccc1S(=O)(=O)N(C)C.I. The van der Waals surface area contributed by atoms with Gasteiger partial charge in [0.05, 0.1) is 11.5 Å². The molecule has 0 heterocycles. The Bertz CT molecular complexity index is 997. The van der Waals surface area contributed by atoms with E-state index < -0.39 is 10.0 Å². The molecule has 10 heteroatoms. The third kappa shape index (κ3) is 7.91. The number of ether oxygens (including phenoxy) is 2. The number of rotatable bonds is 10. The van der Waals surface area contributed by atoms with Crippen molar-refractivity contribution in [2.45, 2.75) is 24.9 Å². The molecule has 8 nitrogen and oxygen atoms in total. The van der Waals surface area contributed by atoms with Gasteiger partial charge >= 0.3 is 0 Å². The second-order valence-corrected chi connectivity index (χ2v) is 9.25. The monoisotopic (exact) mass is 576 g/mol. The average molecular weight is 577 g/mol. The number of aliphatic imine (C=N–C) groups is 1. The molecule has 0 aliphatic heterocycles. The molecule has 0 fully saturated rings. The molecule has 178 valence electrons. The molecule has 0 bridgehead atoms. The maximum atomic E-state index is 12.6. The van der Waals surface area contributed by atoms with Crippen molar-refractivity contribution in [2.75, 3.05) is 41.5 Å². The van der Waals surface area contributed by atoms with Crippen LogP contribution < -0.4 is 15.4 Å². The standard InChI is InChI=1S/C22H32N4O4S.HI/c1-17-10-11-18(20(14-17)30-13-12-29-5)15-24-22(23-2)25-16-19-8-6-7-9-21(19)31(27,28)26(3)4;/h6-11,14H,12-13,15-16H2,1-5H3,(H2,23,24,25);1H. The van der Waals surface area contributed by atoms with Crippen LogP contribution in [-0.4, -0.2) is 60.1 Å². The van der Waals surface area contributed by atoms with Gasteiger partial charge in [-0.15, -0.1) is 24.0 Å². The first kappa shape index (κ1) is 28.1. The van der Waals surface area contributed by atoms with Crippen LogP contribution in [0.4, 0.5) is 0 Å². The molecule has 0 radical (unpaired) electrons. The summed E-state index contributed by atoms with van der Waals surface area (Å²) in [6.45, 7) is 3.81. The predicted molar refractivity (Wildman–Crippen MR) is 138 cm³/mol. The lowest BCUT2D eigenvalue weighted by molar-refractivity contribution is 0.145. The smallest absolute Gasteiger partial charge is 0.242 e. The van der Waals surface area contributed by atoms with Crippen LogP contribution in [0.1, 0.15) is 16.7 Å².